The summed E-state index contributed by atoms with van der Waals surface area (Å²) >= 11 is 5.86. The van der Waals surface area contributed by atoms with E-state index in [0.717, 1.165) is 16.7 Å². The maximum absolute atomic E-state index is 12.5. The normalized spacial score (nSPS) is 12.4. The Morgan fingerprint density at radius 1 is 0.962 bits per heavy atom. The first kappa shape index (κ1) is 16.4. The first-order valence-corrected chi connectivity index (χ1v) is 8.58. The van der Waals surface area contributed by atoms with Gasteiger partial charge in [0.15, 0.2) is 0 Å². The highest BCUT2D eigenvalue weighted by Gasteiger charge is 2.26. The minimum atomic E-state index is -0.281. The number of hydrogen-bond donors (Lipinski definition) is 2. The molecule has 0 atom stereocenters. The Morgan fingerprint density at radius 2 is 1.69 bits per heavy atom. The van der Waals surface area contributed by atoms with E-state index >= 15 is 0 Å². The topological polar surface area (TPSA) is 58.2 Å². The second kappa shape index (κ2) is 6.65. The molecule has 26 heavy (non-hydrogen) atoms. The summed E-state index contributed by atoms with van der Waals surface area (Å²) in [5, 5.41) is 6.26. The second-order valence-corrected chi connectivity index (χ2v) is 6.46. The molecule has 0 spiro atoms. The van der Waals surface area contributed by atoms with Gasteiger partial charge in [-0.3, -0.25) is 9.59 Å². The second-order valence-electron chi connectivity index (χ2n) is 6.02. The SMILES string of the molecule is O=C(Nc1ccc(-c2ccccc2)c2c1C(=O)NC2)c1ccc(Cl)cc1. The van der Waals surface area contributed by atoms with E-state index in [0.29, 0.717) is 28.4 Å². The molecule has 0 unspecified atom stereocenters. The van der Waals surface area contributed by atoms with Crippen molar-refractivity contribution in [3.05, 3.63) is 88.4 Å². The van der Waals surface area contributed by atoms with Crippen LogP contribution in [0.4, 0.5) is 5.69 Å². The lowest BCUT2D eigenvalue weighted by atomic mass is 9.95. The Balaban J connectivity index is 1.72. The lowest BCUT2D eigenvalue weighted by molar-refractivity contribution is 0.0966. The summed E-state index contributed by atoms with van der Waals surface area (Å²) in [4.78, 5) is 24.9. The van der Waals surface area contributed by atoms with Gasteiger partial charge in [0.05, 0.1) is 11.3 Å². The highest BCUT2D eigenvalue weighted by molar-refractivity contribution is 6.30. The van der Waals surface area contributed by atoms with Gasteiger partial charge in [-0.15, -0.1) is 0 Å². The van der Waals surface area contributed by atoms with E-state index in [2.05, 4.69) is 10.6 Å². The Labute approximate surface area is 155 Å². The van der Waals surface area contributed by atoms with Gasteiger partial charge in [-0.05, 0) is 47.0 Å². The predicted octanol–water partition coefficient (Wildman–Crippen LogP) is 4.50. The van der Waals surface area contributed by atoms with Gasteiger partial charge in [0, 0.05) is 17.1 Å². The van der Waals surface area contributed by atoms with Crippen LogP contribution in [0.15, 0.2) is 66.7 Å². The number of nitrogens with one attached hydrogen (secondary N) is 2. The van der Waals surface area contributed by atoms with E-state index in [1.807, 2.05) is 36.4 Å². The Bertz CT molecular complexity index is 999. The number of halogens is 1. The quantitative estimate of drug-likeness (QED) is 0.720. The van der Waals surface area contributed by atoms with E-state index in [9.17, 15) is 9.59 Å². The fraction of sp³-hybridized carbons (Fsp3) is 0.0476. The monoisotopic (exact) mass is 362 g/mol. The molecule has 4 nitrogen and oxygen atoms in total. The fourth-order valence-corrected chi connectivity index (χ4v) is 3.26. The Morgan fingerprint density at radius 3 is 2.42 bits per heavy atom. The van der Waals surface area contributed by atoms with Crippen LogP contribution in [0.1, 0.15) is 26.3 Å². The average Bonchev–Trinajstić information content (AvgIpc) is 3.05. The highest BCUT2D eigenvalue weighted by Crippen LogP contribution is 2.34. The number of anilines is 1. The number of fused-ring (bicyclic) bond motifs is 1. The van der Waals surface area contributed by atoms with E-state index < -0.39 is 0 Å². The minimum absolute atomic E-state index is 0.177. The third-order valence-electron chi connectivity index (χ3n) is 4.41. The molecular weight excluding hydrogens is 348 g/mol. The van der Waals surface area contributed by atoms with Crippen LogP contribution in [0.3, 0.4) is 0 Å². The lowest BCUT2D eigenvalue weighted by Crippen LogP contribution is -2.17. The lowest BCUT2D eigenvalue weighted by Gasteiger charge is -2.13. The van der Waals surface area contributed by atoms with Crippen LogP contribution in [-0.2, 0) is 6.54 Å². The maximum atomic E-state index is 12.5. The molecule has 0 aromatic heterocycles. The number of rotatable bonds is 3. The summed E-state index contributed by atoms with van der Waals surface area (Å²) < 4.78 is 0. The molecule has 2 amide bonds. The van der Waals surface area contributed by atoms with E-state index in [4.69, 9.17) is 11.6 Å². The largest absolute Gasteiger partial charge is 0.348 e. The van der Waals surface area contributed by atoms with Gasteiger partial charge >= 0.3 is 0 Å². The van der Waals surface area contributed by atoms with Crippen LogP contribution < -0.4 is 10.6 Å². The van der Waals surface area contributed by atoms with E-state index in [1.54, 1.807) is 30.3 Å². The third-order valence-corrected chi connectivity index (χ3v) is 4.66. The first-order valence-electron chi connectivity index (χ1n) is 8.20. The van der Waals surface area contributed by atoms with Crippen LogP contribution >= 0.6 is 11.6 Å². The summed E-state index contributed by atoms with van der Waals surface area (Å²) in [6.45, 7) is 0.447. The Hall–Kier alpha value is -3.11. The van der Waals surface area contributed by atoms with Gasteiger partial charge in [-0.2, -0.15) is 0 Å². The molecule has 1 heterocycles. The van der Waals surface area contributed by atoms with Gasteiger partial charge in [0.2, 0.25) is 0 Å². The Kier molecular flexibility index (Phi) is 4.19. The first-order chi connectivity index (χ1) is 12.6. The summed E-state index contributed by atoms with van der Waals surface area (Å²) in [5.41, 5.74) is 4.44. The molecule has 128 valence electrons. The van der Waals surface area contributed by atoms with Crippen molar-refractivity contribution in [1.29, 1.82) is 0 Å². The molecular formula is C21H15ClN2O2. The maximum Gasteiger partial charge on any atom is 0.255 e. The van der Waals surface area contributed by atoms with E-state index in [1.165, 1.54) is 0 Å². The zero-order valence-electron chi connectivity index (χ0n) is 13.8. The summed E-state index contributed by atoms with van der Waals surface area (Å²) in [6.07, 6.45) is 0. The molecule has 1 aliphatic heterocycles. The molecule has 2 N–H and O–H groups in total. The van der Waals surface area contributed by atoms with Crippen LogP contribution in [0, 0.1) is 0 Å². The smallest absolute Gasteiger partial charge is 0.255 e. The van der Waals surface area contributed by atoms with Crippen molar-refractivity contribution < 1.29 is 9.59 Å². The van der Waals surface area contributed by atoms with Crippen LogP contribution in [0.5, 0.6) is 0 Å². The number of carbonyl (C=O) groups is 2. The van der Waals surface area contributed by atoms with Gasteiger partial charge in [0.25, 0.3) is 11.8 Å². The van der Waals surface area contributed by atoms with Crippen molar-refractivity contribution in [1.82, 2.24) is 5.32 Å². The summed E-state index contributed by atoms with van der Waals surface area (Å²) in [6, 6.07) is 20.2. The number of hydrogen-bond acceptors (Lipinski definition) is 2. The number of carbonyl (C=O) groups excluding carboxylic acids is 2. The van der Waals surface area contributed by atoms with Gasteiger partial charge in [0.1, 0.15) is 0 Å². The number of amides is 2. The van der Waals surface area contributed by atoms with Crippen molar-refractivity contribution in [3.63, 3.8) is 0 Å². The molecule has 0 radical (unpaired) electrons. The molecule has 0 fully saturated rings. The fourth-order valence-electron chi connectivity index (χ4n) is 3.14. The van der Waals surface area contributed by atoms with Crippen molar-refractivity contribution in [3.8, 4) is 11.1 Å². The molecule has 4 rings (SSSR count). The third kappa shape index (κ3) is 2.95. The molecule has 3 aromatic rings. The van der Waals surface area contributed by atoms with Crippen LogP contribution in [0.25, 0.3) is 11.1 Å². The summed E-state index contributed by atoms with van der Waals surface area (Å²) in [5.74, 6) is -0.458. The molecule has 0 aliphatic carbocycles. The van der Waals surface area contributed by atoms with Crippen molar-refractivity contribution in [2.24, 2.45) is 0 Å². The molecule has 0 bridgehead atoms. The molecule has 0 saturated carbocycles. The standard InChI is InChI=1S/C21H15ClN2O2/c22-15-8-6-14(7-9-15)20(25)24-18-11-10-16(13-4-2-1-3-5-13)17-12-23-21(26)19(17)18/h1-11H,12H2,(H,23,26)(H,24,25). The van der Waals surface area contributed by atoms with Crippen molar-refractivity contribution >= 4 is 29.1 Å². The molecule has 3 aromatic carbocycles. The van der Waals surface area contributed by atoms with Crippen molar-refractivity contribution in [2.75, 3.05) is 5.32 Å². The average molecular weight is 363 g/mol. The minimum Gasteiger partial charge on any atom is -0.348 e. The van der Waals surface area contributed by atoms with Crippen LogP contribution in [-0.4, -0.2) is 11.8 Å². The highest BCUT2D eigenvalue weighted by atomic mass is 35.5. The van der Waals surface area contributed by atoms with E-state index in [-0.39, 0.29) is 11.8 Å². The molecule has 1 aliphatic rings. The zero-order valence-corrected chi connectivity index (χ0v) is 14.5. The van der Waals surface area contributed by atoms with Gasteiger partial charge in [-0.25, -0.2) is 0 Å². The molecule has 5 heteroatoms. The predicted molar refractivity (Wildman–Crippen MR) is 102 cm³/mol. The van der Waals surface area contributed by atoms with Crippen molar-refractivity contribution in [2.45, 2.75) is 6.54 Å². The van der Waals surface area contributed by atoms with Gasteiger partial charge < -0.3 is 10.6 Å². The van der Waals surface area contributed by atoms with Crippen LogP contribution in [0.2, 0.25) is 5.02 Å². The summed E-state index contributed by atoms with van der Waals surface area (Å²) in [7, 11) is 0. The number of benzene rings is 3. The zero-order chi connectivity index (χ0) is 18.1. The molecule has 0 saturated heterocycles. The van der Waals surface area contributed by atoms with Gasteiger partial charge in [-0.1, -0.05) is 48.0 Å².